The summed E-state index contributed by atoms with van der Waals surface area (Å²) in [7, 11) is 0. The van der Waals surface area contributed by atoms with E-state index in [9.17, 15) is 4.79 Å². The van der Waals surface area contributed by atoms with E-state index in [2.05, 4.69) is 34.5 Å². The van der Waals surface area contributed by atoms with Crippen molar-refractivity contribution in [1.82, 2.24) is 15.4 Å². The molecule has 5 nitrogen and oxygen atoms in total. The van der Waals surface area contributed by atoms with Crippen molar-refractivity contribution in [3.05, 3.63) is 36.4 Å². The number of hydrogen-bond acceptors (Lipinski definition) is 3. The molecule has 2 N–H and O–H groups in total. The third kappa shape index (κ3) is 14.5. The first-order valence-electron chi connectivity index (χ1n) is 11.4. The minimum Gasteiger partial charge on any atom is -0.481 e. The number of unbranched alkanes of at least 4 members (excludes halogenated alkanes) is 11. The normalized spacial score (nSPS) is 10.9. The summed E-state index contributed by atoms with van der Waals surface area (Å²) in [6, 6.07) is 7.70. The highest BCUT2D eigenvalue weighted by Crippen LogP contribution is 2.10. The number of H-pyrrole nitrogens is 1. The molecule has 29 heavy (non-hydrogen) atoms. The molecule has 1 heterocycles. The number of nitrogens with zero attached hydrogens (tertiary/aromatic N) is 2. The quantitative estimate of drug-likeness (QED) is 0.247. The van der Waals surface area contributed by atoms with E-state index in [1.807, 2.05) is 24.3 Å². The Balaban J connectivity index is 0.000000379. The summed E-state index contributed by atoms with van der Waals surface area (Å²) >= 11 is 0. The van der Waals surface area contributed by atoms with Gasteiger partial charge in [0.1, 0.15) is 11.0 Å². The number of nitrogens with one attached hydrogen (secondary N) is 1. The fourth-order valence-electron chi connectivity index (χ4n) is 3.13. The summed E-state index contributed by atoms with van der Waals surface area (Å²) in [6.07, 6.45) is 21.2. The number of aliphatic carboxylic acids is 1. The first-order chi connectivity index (χ1) is 14.2. The maximum absolute atomic E-state index is 10.3. The second-order valence-corrected chi connectivity index (χ2v) is 7.54. The Kier molecular flexibility index (Phi) is 15.3. The van der Waals surface area contributed by atoms with Gasteiger partial charge in [-0.3, -0.25) is 4.79 Å². The van der Waals surface area contributed by atoms with Crippen LogP contribution in [0.15, 0.2) is 36.4 Å². The summed E-state index contributed by atoms with van der Waals surface area (Å²) < 4.78 is 0. The van der Waals surface area contributed by atoms with Crippen LogP contribution >= 0.6 is 0 Å². The molecule has 0 saturated heterocycles. The van der Waals surface area contributed by atoms with E-state index in [-0.39, 0.29) is 0 Å². The number of carboxylic acid groups (broad SMARTS) is 1. The lowest BCUT2D eigenvalue weighted by molar-refractivity contribution is -0.137. The van der Waals surface area contributed by atoms with Gasteiger partial charge in [-0.25, -0.2) is 0 Å². The number of carbonyl (C=O) groups is 1. The molecule has 0 atom stereocenters. The van der Waals surface area contributed by atoms with Gasteiger partial charge in [0.25, 0.3) is 0 Å². The van der Waals surface area contributed by atoms with E-state index < -0.39 is 5.97 Å². The predicted octanol–water partition coefficient (Wildman–Crippen LogP) is 7.07. The number of para-hydroxylation sites is 2. The van der Waals surface area contributed by atoms with Gasteiger partial charge in [0.15, 0.2) is 0 Å². The van der Waals surface area contributed by atoms with E-state index in [0.717, 1.165) is 23.9 Å². The van der Waals surface area contributed by atoms with E-state index >= 15 is 0 Å². The molecule has 2 aromatic rings. The van der Waals surface area contributed by atoms with Gasteiger partial charge in [-0.15, -0.1) is 0 Å². The summed E-state index contributed by atoms with van der Waals surface area (Å²) in [4.78, 5) is 10.3. The van der Waals surface area contributed by atoms with Crippen LogP contribution < -0.4 is 0 Å². The molecule has 1 aromatic heterocycles. The number of aromatic amines is 1. The molecule has 0 saturated carbocycles. The van der Waals surface area contributed by atoms with Gasteiger partial charge in [0.05, 0.1) is 0 Å². The van der Waals surface area contributed by atoms with Crippen LogP contribution in [0, 0.1) is 0 Å². The topological polar surface area (TPSA) is 78.9 Å². The van der Waals surface area contributed by atoms with Gasteiger partial charge in [-0.05, 0) is 44.2 Å². The summed E-state index contributed by atoms with van der Waals surface area (Å²) in [6.45, 7) is 2.26. The molecule has 0 aliphatic heterocycles. The lowest BCUT2D eigenvalue weighted by Gasteiger charge is -1.99. The minimum absolute atomic E-state index is 0.332. The molecule has 0 aliphatic carbocycles. The number of rotatable bonds is 15. The second-order valence-electron chi connectivity index (χ2n) is 7.54. The Hall–Kier alpha value is -2.17. The largest absolute Gasteiger partial charge is 0.481 e. The molecular weight excluding hydrogens is 362 g/mol. The predicted molar refractivity (Wildman–Crippen MR) is 121 cm³/mol. The van der Waals surface area contributed by atoms with Gasteiger partial charge in [-0.2, -0.15) is 15.4 Å². The first kappa shape index (κ1) is 24.9. The van der Waals surface area contributed by atoms with Crippen LogP contribution in [0.1, 0.15) is 96.8 Å². The lowest BCUT2D eigenvalue weighted by Crippen LogP contribution is -1.93. The Morgan fingerprint density at radius 2 is 1.31 bits per heavy atom. The molecule has 0 amide bonds. The third-order valence-electron chi connectivity index (χ3n) is 4.88. The molecule has 0 spiro atoms. The summed E-state index contributed by atoms with van der Waals surface area (Å²) in [5.74, 6) is -0.664. The van der Waals surface area contributed by atoms with Crippen molar-refractivity contribution in [1.29, 1.82) is 0 Å². The number of carboxylic acids is 1. The van der Waals surface area contributed by atoms with Crippen LogP contribution in [-0.4, -0.2) is 26.5 Å². The van der Waals surface area contributed by atoms with Gasteiger partial charge >= 0.3 is 5.97 Å². The van der Waals surface area contributed by atoms with Gasteiger partial charge in [0, 0.05) is 6.42 Å². The summed E-state index contributed by atoms with van der Waals surface area (Å²) in [5, 5.41) is 18.8. The first-order valence-corrected chi connectivity index (χ1v) is 11.4. The highest BCUT2D eigenvalue weighted by molar-refractivity contribution is 5.72. The molecule has 162 valence electrons. The van der Waals surface area contributed by atoms with Crippen molar-refractivity contribution in [3.63, 3.8) is 0 Å². The number of allylic oxidation sites excluding steroid dienone is 2. The average molecular weight is 402 g/mol. The van der Waals surface area contributed by atoms with Crippen LogP contribution in [0.4, 0.5) is 0 Å². The van der Waals surface area contributed by atoms with Crippen molar-refractivity contribution in [2.24, 2.45) is 0 Å². The van der Waals surface area contributed by atoms with Crippen LogP contribution in [-0.2, 0) is 4.79 Å². The van der Waals surface area contributed by atoms with Crippen LogP contribution in [0.3, 0.4) is 0 Å². The number of benzene rings is 1. The highest BCUT2D eigenvalue weighted by atomic mass is 16.4. The number of aromatic nitrogens is 3. The average Bonchev–Trinajstić information content (AvgIpc) is 3.20. The van der Waals surface area contributed by atoms with Gasteiger partial charge in [-0.1, -0.05) is 82.6 Å². The standard InChI is InChI=1S/C18H34O2.C6H5N3/c1-2-3-4-5-6-7-8-9-10-11-12-13-14-15-16-17-18(19)20;1-2-4-6-5(3-1)7-9-8-6/h9-10H,2-8,11-17H2,1H3,(H,19,20);1-4H,(H,7,8,9)/b10-9-;. The Morgan fingerprint density at radius 3 is 1.83 bits per heavy atom. The Bertz CT molecular complexity index is 637. The van der Waals surface area contributed by atoms with Crippen molar-refractivity contribution >= 4 is 17.0 Å². The van der Waals surface area contributed by atoms with E-state index in [1.54, 1.807) is 0 Å². The van der Waals surface area contributed by atoms with Crippen molar-refractivity contribution in [2.75, 3.05) is 0 Å². The van der Waals surface area contributed by atoms with Crippen LogP contribution in [0.5, 0.6) is 0 Å². The molecule has 0 radical (unpaired) electrons. The van der Waals surface area contributed by atoms with Crippen molar-refractivity contribution < 1.29 is 9.90 Å². The third-order valence-corrected chi connectivity index (χ3v) is 4.88. The van der Waals surface area contributed by atoms with Crippen LogP contribution in [0.25, 0.3) is 11.0 Å². The van der Waals surface area contributed by atoms with Gasteiger partial charge in [0.2, 0.25) is 0 Å². The SMILES string of the molecule is CCCCCCCC/C=C\CCCCCCCC(=O)O.c1ccc2n[nH]nc2c1. The minimum atomic E-state index is -0.664. The molecule has 5 heteroatoms. The van der Waals surface area contributed by atoms with Crippen LogP contribution in [0.2, 0.25) is 0 Å². The molecule has 0 aliphatic rings. The fourth-order valence-corrected chi connectivity index (χ4v) is 3.13. The number of hydrogen-bond donors (Lipinski definition) is 2. The van der Waals surface area contributed by atoms with E-state index in [1.165, 1.54) is 70.6 Å². The zero-order chi connectivity index (χ0) is 21.0. The number of fused-ring (bicyclic) bond motifs is 1. The monoisotopic (exact) mass is 401 g/mol. The summed E-state index contributed by atoms with van der Waals surface area (Å²) in [5.41, 5.74) is 1.83. The highest BCUT2D eigenvalue weighted by Gasteiger charge is 1.96. The molecule has 2 rings (SSSR count). The van der Waals surface area contributed by atoms with Crippen molar-refractivity contribution in [3.8, 4) is 0 Å². The maximum atomic E-state index is 10.3. The zero-order valence-electron chi connectivity index (χ0n) is 18.1. The maximum Gasteiger partial charge on any atom is 0.303 e. The molecule has 0 fully saturated rings. The van der Waals surface area contributed by atoms with E-state index in [4.69, 9.17) is 5.11 Å². The molecular formula is C24H39N3O2. The molecule has 0 unspecified atom stereocenters. The zero-order valence-corrected chi connectivity index (χ0v) is 18.1. The fraction of sp³-hybridized carbons (Fsp3) is 0.625. The Labute approximate surface area is 176 Å². The van der Waals surface area contributed by atoms with Crippen molar-refractivity contribution in [2.45, 2.75) is 96.8 Å². The molecule has 1 aromatic carbocycles. The lowest BCUT2D eigenvalue weighted by atomic mass is 10.1. The molecule has 0 bridgehead atoms. The second kappa shape index (κ2) is 17.9. The smallest absolute Gasteiger partial charge is 0.303 e. The van der Waals surface area contributed by atoms with E-state index in [0.29, 0.717) is 6.42 Å². The van der Waals surface area contributed by atoms with Gasteiger partial charge < -0.3 is 5.11 Å². The Morgan fingerprint density at radius 1 is 0.828 bits per heavy atom.